The van der Waals surface area contributed by atoms with Crippen molar-refractivity contribution in [3.8, 4) is 0 Å². The third-order valence-electron chi connectivity index (χ3n) is 6.54. The molecule has 7 heteroatoms. The number of sulfonamides is 1. The van der Waals surface area contributed by atoms with E-state index in [1.807, 2.05) is 37.8 Å². The molecule has 1 saturated carbocycles. The molecule has 5 nitrogen and oxygen atoms in total. The van der Waals surface area contributed by atoms with Gasteiger partial charge in [0.05, 0.1) is 4.90 Å². The smallest absolute Gasteiger partial charge is 0.243 e. The zero-order valence-electron chi connectivity index (χ0n) is 19.0. The fraction of sp³-hybridized carbons (Fsp3) is 0.480. The molecule has 1 saturated heterocycles. The summed E-state index contributed by atoms with van der Waals surface area (Å²) >= 11 is 0. The first-order valence-electron chi connectivity index (χ1n) is 11.3. The monoisotopic (exact) mass is 458 g/mol. The van der Waals surface area contributed by atoms with Gasteiger partial charge in [0.15, 0.2) is 0 Å². The molecule has 0 N–H and O–H groups in total. The molecule has 0 atom stereocenters. The fourth-order valence-electron chi connectivity index (χ4n) is 4.84. The standard InChI is InChI=1S/C25H31FN2O3S/c1-17-14-18(2)24(19(3)15-17)32(30,31)27-12-10-21(11-13-27)25(29)28(23-8-9-23)16-20-4-6-22(26)7-5-20/h4-7,14-15,21,23H,8-13,16H2,1-3H3. The topological polar surface area (TPSA) is 57.7 Å². The summed E-state index contributed by atoms with van der Waals surface area (Å²) in [5, 5.41) is 0. The van der Waals surface area contributed by atoms with Gasteiger partial charge in [-0.15, -0.1) is 0 Å². The van der Waals surface area contributed by atoms with Crippen LogP contribution in [0.25, 0.3) is 0 Å². The third-order valence-corrected chi connectivity index (χ3v) is 8.75. The minimum atomic E-state index is -3.59. The first kappa shape index (κ1) is 22.9. The van der Waals surface area contributed by atoms with Gasteiger partial charge in [-0.2, -0.15) is 4.31 Å². The summed E-state index contributed by atoms with van der Waals surface area (Å²) in [4.78, 5) is 15.6. The quantitative estimate of drug-likeness (QED) is 0.647. The summed E-state index contributed by atoms with van der Waals surface area (Å²) < 4.78 is 41.4. The Bertz CT molecular complexity index is 1080. The van der Waals surface area contributed by atoms with Crippen LogP contribution in [0.5, 0.6) is 0 Å². The highest BCUT2D eigenvalue weighted by Gasteiger charge is 2.39. The van der Waals surface area contributed by atoms with Crippen molar-refractivity contribution in [2.45, 2.75) is 63.9 Å². The molecule has 2 fully saturated rings. The van der Waals surface area contributed by atoms with Gasteiger partial charge in [-0.05, 0) is 75.3 Å². The average Bonchev–Trinajstić information content (AvgIpc) is 3.57. The molecule has 0 radical (unpaired) electrons. The van der Waals surface area contributed by atoms with E-state index in [0.29, 0.717) is 37.4 Å². The number of hydrogen-bond donors (Lipinski definition) is 0. The molecule has 0 spiro atoms. The highest BCUT2D eigenvalue weighted by molar-refractivity contribution is 7.89. The van der Waals surface area contributed by atoms with Gasteiger partial charge in [-0.1, -0.05) is 29.8 Å². The molecule has 2 aromatic carbocycles. The van der Waals surface area contributed by atoms with E-state index < -0.39 is 10.0 Å². The van der Waals surface area contributed by atoms with Gasteiger partial charge in [0, 0.05) is 31.6 Å². The number of hydrogen-bond acceptors (Lipinski definition) is 3. The van der Waals surface area contributed by atoms with Crippen LogP contribution in [0.2, 0.25) is 0 Å². The SMILES string of the molecule is Cc1cc(C)c(S(=O)(=O)N2CCC(C(=O)N(Cc3ccc(F)cc3)C3CC3)CC2)c(C)c1. The summed E-state index contributed by atoms with van der Waals surface area (Å²) in [7, 11) is -3.59. The van der Waals surface area contributed by atoms with E-state index in [9.17, 15) is 17.6 Å². The minimum Gasteiger partial charge on any atom is -0.335 e. The predicted octanol–water partition coefficient (Wildman–Crippen LogP) is 4.34. The number of aryl methyl sites for hydroxylation is 3. The largest absolute Gasteiger partial charge is 0.335 e. The summed E-state index contributed by atoms with van der Waals surface area (Å²) in [6, 6.07) is 10.3. The van der Waals surface area contributed by atoms with Crippen LogP contribution in [-0.2, 0) is 21.4 Å². The number of halogens is 1. The Morgan fingerprint density at radius 1 is 1.00 bits per heavy atom. The zero-order chi connectivity index (χ0) is 23.0. The van der Waals surface area contributed by atoms with Gasteiger partial charge in [0.1, 0.15) is 5.82 Å². The van der Waals surface area contributed by atoms with Crippen molar-refractivity contribution in [1.82, 2.24) is 9.21 Å². The molecule has 32 heavy (non-hydrogen) atoms. The van der Waals surface area contributed by atoms with Crippen molar-refractivity contribution in [3.63, 3.8) is 0 Å². The second-order valence-corrected chi connectivity index (χ2v) is 11.1. The first-order chi connectivity index (χ1) is 15.2. The molecule has 0 bridgehead atoms. The Kier molecular flexibility index (Phi) is 6.41. The molecule has 172 valence electrons. The number of carbonyl (C=O) groups excluding carboxylic acids is 1. The van der Waals surface area contributed by atoms with Gasteiger partial charge in [0.25, 0.3) is 0 Å². The van der Waals surface area contributed by atoms with Crippen molar-refractivity contribution in [2.75, 3.05) is 13.1 Å². The zero-order valence-corrected chi connectivity index (χ0v) is 19.8. The highest BCUT2D eigenvalue weighted by Crippen LogP contribution is 2.33. The highest BCUT2D eigenvalue weighted by atomic mass is 32.2. The van der Waals surface area contributed by atoms with Crippen molar-refractivity contribution < 1.29 is 17.6 Å². The van der Waals surface area contributed by atoms with E-state index in [1.165, 1.54) is 16.4 Å². The molecule has 1 aliphatic heterocycles. The summed E-state index contributed by atoms with van der Waals surface area (Å²) in [6.45, 7) is 6.81. The molecular formula is C25H31FN2O3S. The summed E-state index contributed by atoms with van der Waals surface area (Å²) in [5.74, 6) is -0.370. The van der Waals surface area contributed by atoms with E-state index in [2.05, 4.69) is 0 Å². The van der Waals surface area contributed by atoms with Crippen LogP contribution in [0.4, 0.5) is 4.39 Å². The molecule has 0 unspecified atom stereocenters. The molecule has 1 aliphatic carbocycles. The second-order valence-electron chi connectivity index (χ2n) is 9.23. The lowest BCUT2D eigenvalue weighted by molar-refractivity contribution is -0.138. The summed E-state index contributed by atoms with van der Waals surface area (Å²) in [5.41, 5.74) is 3.49. The van der Waals surface area contributed by atoms with Gasteiger partial charge in [-0.25, -0.2) is 12.8 Å². The van der Waals surface area contributed by atoms with Gasteiger partial charge in [-0.3, -0.25) is 4.79 Å². The summed E-state index contributed by atoms with van der Waals surface area (Å²) in [6.07, 6.45) is 3.03. The molecule has 1 amide bonds. The second kappa shape index (κ2) is 8.94. The number of benzene rings is 2. The number of piperidine rings is 1. The number of amides is 1. The number of carbonyl (C=O) groups is 1. The predicted molar refractivity (Wildman–Crippen MR) is 122 cm³/mol. The average molecular weight is 459 g/mol. The van der Waals surface area contributed by atoms with Crippen LogP contribution in [0.15, 0.2) is 41.3 Å². The Hall–Kier alpha value is -2.25. The Labute approximate surface area is 190 Å². The van der Waals surface area contributed by atoms with Crippen LogP contribution in [0, 0.1) is 32.5 Å². The Morgan fingerprint density at radius 2 is 1.56 bits per heavy atom. The van der Waals surface area contributed by atoms with E-state index >= 15 is 0 Å². The fourth-order valence-corrected chi connectivity index (χ4v) is 6.72. The van der Waals surface area contributed by atoms with Crippen LogP contribution in [0.3, 0.4) is 0 Å². The molecule has 0 aromatic heterocycles. The van der Waals surface area contributed by atoms with Crippen molar-refractivity contribution in [2.24, 2.45) is 5.92 Å². The van der Waals surface area contributed by atoms with E-state index in [0.717, 1.165) is 35.1 Å². The van der Waals surface area contributed by atoms with Crippen molar-refractivity contribution >= 4 is 15.9 Å². The maximum absolute atomic E-state index is 13.3. The lowest BCUT2D eigenvalue weighted by Gasteiger charge is -2.34. The van der Waals surface area contributed by atoms with Gasteiger partial charge >= 0.3 is 0 Å². The number of rotatable bonds is 6. The van der Waals surface area contributed by atoms with Crippen molar-refractivity contribution in [1.29, 1.82) is 0 Å². The Morgan fingerprint density at radius 3 is 2.09 bits per heavy atom. The Balaban J connectivity index is 1.44. The minimum absolute atomic E-state index is 0.0940. The number of nitrogens with zero attached hydrogens (tertiary/aromatic N) is 2. The van der Waals surface area contributed by atoms with Crippen molar-refractivity contribution in [3.05, 3.63) is 64.5 Å². The molecule has 1 heterocycles. The molecular weight excluding hydrogens is 427 g/mol. The molecule has 2 aromatic rings. The van der Waals surface area contributed by atoms with E-state index in [-0.39, 0.29) is 23.7 Å². The lowest BCUT2D eigenvalue weighted by Crippen LogP contribution is -2.45. The van der Waals surface area contributed by atoms with Crippen LogP contribution < -0.4 is 0 Å². The van der Waals surface area contributed by atoms with Crippen LogP contribution >= 0.6 is 0 Å². The maximum atomic E-state index is 13.3. The molecule has 4 rings (SSSR count). The van der Waals surface area contributed by atoms with Gasteiger partial charge in [0.2, 0.25) is 15.9 Å². The van der Waals surface area contributed by atoms with Crippen LogP contribution in [0.1, 0.15) is 47.9 Å². The third kappa shape index (κ3) is 4.74. The lowest BCUT2D eigenvalue weighted by atomic mass is 9.96. The van der Waals surface area contributed by atoms with Gasteiger partial charge < -0.3 is 4.90 Å². The first-order valence-corrected chi connectivity index (χ1v) is 12.7. The molecule has 2 aliphatic rings. The normalized spacial score (nSPS) is 18.0. The van der Waals surface area contributed by atoms with Crippen LogP contribution in [-0.4, -0.2) is 42.7 Å². The van der Waals surface area contributed by atoms with E-state index in [4.69, 9.17) is 0 Å². The van der Waals surface area contributed by atoms with E-state index in [1.54, 1.807) is 12.1 Å². The maximum Gasteiger partial charge on any atom is 0.243 e.